The molecule has 3 aromatic rings. The second kappa shape index (κ2) is 19.3. The van der Waals surface area contributed by atoms with Crippen molar-refractivity contribution in [2.75, 3.05) is 26.2 Å². The molecule has 2 aliphatic heterocycles. The van der Waals surface area contributed by atoms with E-state index in [2.05, 4.69) is 36.9 Å². The Hall–Kier alpha value is -6.23. The van der Waals surface area contributed by atoms with E-state index in [1.54, 1.807) is 20.0 Å². The molecule has 9 N–H and O–H groups in total. The zero-order chi connectivity index (χ0) is 42.1. The van der Waals surface area contributed by atoms with Gasteiger partial charge < -0.3 is 52.0 Å². The summed E-state index contributed by atoms with van der Waals surface area (Å²) in [5.74, 6) is -5.63. The van der Waals surface area contributed by atoms with Gasteiger partial charge in [-0.15, -0.1) is 0 Å². The molecule has 0 bridgehead atoms. The first-order valence-electron chi connectivity index (χ1n) is 19.3. The van der Waals surface area contributed by atoms with Crippen LogP contribution in [0.15, 0.2) is 60.3 Å². The summed E-state index contributed by atoms with van der Waals surface area (Å²) in [6.07, 6.45) is 3.03. The molecule has 1 aromatic heterocycles. The van der Waals surface area contributed by atoms with Crippen molar-refractivity contribution in [2.24, 2.45) is 5.92 Å². The van der Waals surface area contributed by atoms with Gasteiger partial charge in [-0.2, -0.15) is 0 Å². The summed E-state index contributed by atoms with van der Waals surface area (Å²) in [6.45, 7) is 5.59. The summed E-state index contributed by atoms with van der Waals surface area (Å²) < 4.78 is 0. The molecule has 310 valence electrons. The monoisotopic (exact) mass is 800 g/mol. The highest BCUT2D eigenvalue weighted by Gasteiger charge is 2.37. The van der Waals surface area contributed by atoms with E-state index in [4.69, 9.17) is 0 Å². The van der Waals surface area contributed by atoms with E-state index >= 15 is 0 Å². The summed E-state index contributed by atoms with van der Waals surface area (Å²) >= 11 is 0. The van der Waals surface area contributed by atoms with Crippen LogP contribution in [0.2, 0.25) is 0 Å². The molecule has 0 radical (unpaired) electrons. The zero-order valence-electron chi connectivity index (χ0n) is 33.0. The average molecular weight is 801 g/mol. The second-order valence-electron chi connectivity index (χ2n) is 15.2. The number of phenols is 1. The van der Waals surface area contributed by atoms with Gasteiger partial charge in [0, 0.05) is 30.1 Å². The number of amides is 7. The predicted octanol–water partition coefficient (Wildman–Crippen LogP) is 0.122. The van der Waals surface area contributed by atoms with E-state index in [1.807, 2.05) is 44.2 Å². The van der Waals surface area contributed by atoms with Crippen molar-refractivity contribution in [2.45, 2.75) is 83.6 Å². The number of benzene rings is 2. The van der Waals surface area contributed by atoms with Gasteiger partial charge in [0.1, 0.15) is 36.0 Å². The van der Waals surface area contributed by atoms with E-state index in [0.717, 1.165) is 16.5 Å². The molecule has 2 fully saturated rings. The van der Waals surface area contributed by atoms with Gasteiger partial charge in [0.15, 0.2) is 0 Å². The molecule has 17 nitrogen and oxygen atoms in total. The molecule has 3 heterocycles. The van der Waals surface area contributed by atoms with Gasteiger partial charge in [0.25, 0.3) is 0 Å². The van der Waals surface area contributed by atoms with Crippen molar-refractivity contribution < 1.29 is 43.8 Å². The fraction of sp³-hybridized carbons (Fsp3) is 0.439. The zero-order valence-corrected chi connectivity index (χ0v) is 33.0. The quantitative estimate of drug-likeness (QED) is 0.147. The smallest absolute Gasteiger partial charge is 0.246 e. The summed E-state index contributed by atoms with van der Waals surface area (Å²) in [6, 6.07) is 6.67. The molecule has 5 atom stereocenters. The third-order valence-corrected chi connectivity index (χ3v) is 10.2. The van der Waals surface area contributed by atoms with Crippen LogP contribution in [0.5, 0.6) is 5.75 Å². The van der Waals surface area contributed by atoms with Gasteiger partial charge in [0.2, 0.25) is 41.4 Å². The highest BCUT2D eigenvalue weighted by atomic mass is 16.3. The molecular weight excluding hydrogens is 748 g/mol. The summed E-state index contributed by atoms with van der Waals surface area (Å²) in [5, 5.41) is 38.1. The number of aromatic hydroxyl groups is 1. The average Bonchev–Trinajstić information content (AvgIpc) is 3.86. The largest absolute Gasteiger partial charge is 0.508 e. The number of phenolic OH excluding ortho intramolecular Hbond substituents is 1. The van der Waals surface area contributed by atoms with Crippen LogP contribution in [-0.2, 0) is 46.4 Å². The van der Waals surface area contributed by atoms with Crippen molar-refractivity contribution in [3.05, 3.63) is 77.0 Å². The number of aliphatic hydroxyl groups is 1. The summed E-state index contributed by atoms with van der Waals surface area (Å²) in [7, 11) is 0. The molecule has 0 saturated carbocycles. The van der Waals surface area contributed by atoms with Crippen molar-refractivity contribution in [3.8, 4) is 5.75 Å². The Balaban J connectivity index is 1.45. The van der Waals surface area contributed by atoms with Gasteiger partial charge in [-0.1, -0.05) is 49.8 Å². The molecule has 0 spiro atoms. The van der Waals surface area contributed by atoms with Gasteiger partial charge >= 0.3 is 0 Å². The third-order valence-electron chi connectivity index (χ3n) is 10.2. The van der Waals surface area contributed by atoms with Gasteiger partial charge in [-0.25, -0.2) is 0 Å². The molecule has 0 aliphatic carbocycles. The van der Waals surface area contributed by atoms with Crippen molar-refractivity contribution in [3.63, 3.8) is 0 Å². The van der Waals surface area contributed by atoms with Crippen molar-refractivity contribution >= 4 is 52.3 Å². The van der Waals surface area contributed by atoms with Gasteiger partial charge in [-0.05, 0) is 73.9 Å². The lowest BCUT2D eigenvalue weighted by atomic mass is 9.97. The maximum absolute atomic E-state index is 13.8. The maximum Gasteiger partial charge on any atom is 0.246 e. The van der Waals surface area contributed by atoms with Crippen molar-refractivity contribution in [1.29, 1.82) is 0 Å². The number of nitrogens with zero attached hydrogens (tertiary/aromatic N) is 1. The lowest BCUT2D eigenvalue weighted by molar-refractivity contribution is -0.140. The van der Waals surface area contributed by atoms with E-state index in [0.29, 0.717) is 30.4 Å². The standard InChI is InChI=1S/C41H52N8O9/c1-22(2)11-12-24-16-25(13-14-31(24)50)37(54)36-41(58)44-20-32(51)47-35(23(3)4)40(57)45-21-34(53)49-15-7-10-30(49)39(56)46-29(38(55)43-19-33(52)48-36)17-26-18-42-28-9-6-5-8-27(26)28/h5-6,8-9,11,13-14,16,18,23,29-30,35-37,42,50,54H,7,10,12,15,17,19-21H2,1-4H3,(H,43,55)(H,44,58)(H,45,57)(H,46,56)(H,47,51)(H,48,52)/t29-,30-,35-,36-,37-/m0/s1. The van der Waals surface area contributed by atoms with Crippen molar-refractivity contribution in [1.82, 2.24) is 41.8 Å². The number of aromatic amines is 1. The van der Waals surface area contributed by atoms with Crippen LogP contribution in [0.25, 0.3) is 10.9 Å². The number of aliphatic hydroxyl groups excluding tert-OH is 1. The highest BCUT2D eigenvalue weighted by molar-refractivity contribution is 5.97. The van der Waals surface area contributed by atoms with Gasteiger partial charge in [0.05, 0.1) is 19.6 Å². The molecule has 2 aliphatic rings. The minimum absolute atomic E-state index is 0.0111. The number of hydrogen-bond acceptors (Lipinski definition) is 9. The number of hydrogen-bond donors (Lipinski definition) is 9. The first-order valence-corrected chi connectivity index (χ1v) is 19.3. The highest BCUT2D eigenvalue weighted by Crippen LogP contribution is 2.26. The topological polar surface area (TPSA) is 251 Å². The summed E-state index contributed by atoms with van der Waals surface area (Å²) in [5.41, 5.74) is 3.11. The number of rotatable bonds is 7. The molecule has 2 aromatic carbocycles. The Labute approximate surface area is 335 Å². The molecule has 7 amide bonds. The Morgan fingerprint density at radius 2 is 1.47 bits per heavy atom. The summed E-state index contributed by atoms with van der Waals surface area (Å²) in [4.78, 5) is 99.0. The number of carbonyl (C=O) groups excluding carboxylic acids is 7. The molecule has 17 heteroatoms. The van der Waals surface area contributed by atoms with E-state index in [1.165, 1.54) is 23.1 Å². The Kier molecular flexibility index (Phi) is 14.3. The Bertz CT molecular complexity index is 2070. The lowest BCUT2D eigenvalue weighted by Gasteiger charge is -2.27. The Morgan fingerprint density at radius 1 is 0.810 bits per heavy atom. The van der Waals surface area contributed by atoms with Crippen LogP contribution >= 0.6 is 0 Å². The van der Waals surface area contributed by atoms with Crippen LogP contribution in [0.3, 0.4) is 0 Å². The number of para-hydroxylation sites is 1. The number of fused-ring (bicyclic) bond motifs is 2. The van der Waals surface area contributed by atoms with Crippen LogP contribution in [-0.4, -0.2) is 112 Å². The number of nitrogens with one attached hydrogen (secondary N) is 7. The van der Waals surface area contributed by atoms with E-state index in [-0.39, 0.29) is 24.3 Å². The first-order chi connectivity index (χ1) is 27.6. The van der Waals surface area contributed by atoms with E-state index in [9.17, 15) is 43.8 Å². The van der Waals surface area contributed by atoms with Gasteiger partial charge in [-0.3, -0.25) is 33.6 Å². The molecular formula is C41H52N8O9. The fourth-order valence-electron chi connectivity index (χ4n) is 7.01. The number of H-pyrrole nitrogens is 1. The molecule has 0 unspecified atom stereocenters. The second-order valence-corrected chi connectivity index (χ2v) is 15.2. The van der Waals surface area contributed by atoms with E-state index < -0.39 is 97.2 Å². The SMILES string of the molecule is CC(C)=CCc1cc([C@H](O)[C@@H]2NC(=O)CNC(=O)[C@H](Cc3c[nH]c4ccccc34)NC(=O)[C@@H]3CCCN3C(=O)CNC(=O)[C@H](C(C)C)NC(=O)CNC2=O)ccc1O. The molecule has 2 saturated heterocycles. The fourth-order valence-corrected chi connectivity index (χ4v) is 7.01. The molecule has 5 rings (SSSR count). The van der Waals surface area contributed by atoms with Crippen LogP contribution in [0.4, 0.5) is 0 Å². The first kappa shape index (κ1) is 42.9. The predicted molar refractivity (Wildman–Crippen MR) is 213 cm³/mol. The van der Waals surface area contributed by atoms with Crippen LogP contribution < -0.4 is 31.9 Å². The Morgan fingerprint density at radius 3 is 2.17 bits per heavy atom. The number of allylic oxidation sites excluding steroid dienone is 2. The maximum atomic E-state index is 13.8. The minimum Gasteiger partial charge on any atom is -0.508 e. The lowest BCUT2D eigenvalue weighted by Crippen LogP contribution is -2.56. The van der Waals surface area contributed by atoms with Crippen LogP contribution in [0, 0.1) is 5.92 Å². The minimum atomic E-state index is -1.70. The molecule has 58 heavy (non-hydrogen) atoms. The number of aromatic nitrogens is 1. The third kappa shape index (κ3) is 10.8. The normalized spacial score (nSPS) is 22.4. The van der Waals surface area contributed by atoms with Crippen LogP contribution in [0.1, 0.15) is 63.3 Å². The number of carbonyl (C=O) groups is 7.